The van der Waals surface area contributed by atoms with E-state index in [1.807, 2.05) is 4.90 Å². The smallest absolute Gasteiger partial charge is 0.416 e. The van der Waals surface area contributed by atoms with Gasteiger partial charge in [-0.15, -0.1) is 10.2 Å². The number of aromatic nitrogens is 6. The maximum Gasteiger partial charge on any atom is 0.416 e. The number of benzene rings is 2. The fourth-order valence-corrected chi connectivity index (χ4v) is 6.98. The minimum absolute atomic E-state index is 0.00403. The maximum absolute atomic E-state index is 14.0. The van der Waals surface area contributed by atoms with E-state index in [2.05, 4.69) is 25.1 Å². The first-order chi connectivity index (χ1) is 29.4. The van der Waals surface area contributed by atoms with Crippen LogP contribution in [0.3, 0.4) is 0 Å². The second-order valence-electron chi connectivity index (χ2n) is 15.4. The van der Waals surface area contributed by atoms with Gasteiger partial charge in [-0.05, 0) is 103 Å². The van der Waals surface area contributed by atoms with Gasteiger partial charge in [-0.3, -0.25) is 9.80 Å². The Kier molecular flexibility index (Phi) is 14.7. The monoisotopic (exact) mass is 874 g/mol. The van der Waals surface area contributed by atoms with Crippen molar-refractivity contribution >= 4 is 23.8 Å². The summed E-state index contributed by atoms with van der Waals surface area (Å²) in [4.78, 5) is 37.4. The zero-order valence-corrected chi connectivity index (χ0v) is 34.7. The van der Waals surface area contributed by atoms with Crippen LogP contribution in [-0.2, 0) is 31.4 Å². The minimum atomic E-state index is -4.70. The van der Waals surface area contributed by atoms with Crippen molar-refractivity contribution < 1.29 is 54.9 Å². The number of ether oxygens (including phenoxy) is 4. The number of hydrogen-bond donors (Lipinski definition) is 0. The molecule has 6 rings (SSSR count). The fraction of sp³-hybridized carbons (Fsp3) is 0.476. The van der Waals surface area contributed by atoms with Crippen LogP contribution in [0.1, 0.15) is 58.1 Å². The van der Waals surface area contributed by atoms with E-state index in [9.17, 15) is 35.9 Å². The maximum atomic E-state index is 14.0. The van der Waals surface area contributed by atoms with Gasteiger partial charge in [0.1, 0.15) is 37.4 Å². The molecule has 1 atom stereocenters. The van der Waals surface area contributed by atoms with Gasteiger partial charge in [0.2, 0.25) is 0 Å². The molecule has 0 radical (unpaired) electrons. The molecule has 20 heteroatoms. The van der Waals surface area contributed by atoms with Gasteiger partial charge in [-0.1, -0.05) is 0 Å². The molecule has 2 aliphatic heterocycles. The topological polar surface area (TPSA) is 139 Å². The molecule has 2 aromatic heterocycles. The largest absolute Gasteiger partial charge is 0.492 e. The Balaban J connectivity index is 1.15. The number of carbonyl (C=O) groups excluding carboxylic acids is 2. The first-order valence-corrected chi connectivity index (χ1v) is 20.2. The van der Waals surface area contributed by atoms with E-state index in [1.54, 1.807) is 27.7 Å². The predicted molar refractivity (Wildman–Crippen MR) is 214 cm³/mol. The van der Waals surface area contributed by atoms with E-state index in [1.165, 1.54) is 46.4 Å². The van der Waals surface area contributed by atoms with Crippen molar-refractivity contribution in [3.8, 4) is 34.3 Å². The highest BCUT2D eigenvalue weighted by Crippen LogP contribution is 2.37. The molecule has 0 amide bonds. The summed E-state index contributed by atoms with van der Waals surface area (Å²) in [6.45, 7) is 10.6. The van der Waals surface area contributed by atoms with E-state index >= 15 is 0 Å². The molecule has 4 aromatic rings. The minimum Gasteiger partial charge on any atom is -0.492 e. The molecule has 0 spiro atoms. The molecule has 2 aromatic carbocycles. The molecule has 0 N–H and O–H groups in total. The molecule has 0 bridgehead atoms. The Bertz CT molecular complexity index is 2230. The van der Waals surface area contributed by atoms with Gasteiger partial charge < -0.3 is 18.9 Å². The van der Waals surface area contributed by atoms with E-state index in [-0.39, 0.29) is 59.5 Å². The summed E-state index contributed by atoms with van der Waals surface area (Å²) in [5.41, 5.74) is -1.38. The Morgan fingerprint density at radius 1 is 0.726 bits per heavy atom. The Morgan fingerprint density at radius 3 is 1.85 bits per heavy atom. The van der Waals surface area contributed by atoms with Crippen molar-refractivity contribution in [1.29, 1.82) is 0 Å². The van der Waals surface area contributed by atoms with Crippen LogP contribution < -0.4 is 9.47 Å². The predicted octanol–water partition coefficient (Wildman–Crippen LogP) is 7.33. The molecule has 0 saturated carbocycles. The number of rotatable bonds is 17. The standard InChI is InChI=1S/C42H48F6N8O6/c1-27(2)61-37(57)8-12-55-25-49-39(51-55)30-17-32(41(43,44)45)21-34(19-30)60-16-14-54-11-7-29(24-54)36(23-38(58)62-28(3)4)56-26-50-40(52-56)31-18-33(42(46,47)48)22-35(20-31)59-15-13-53-9-5-6-10-53/h8,12,17-23,25-29H,5-7,9-11,13-16,24H2,1-4H3/b12-8+,36-23-. The number of alkyl halides is 6. The van der Waals surface area contributed by atoms with Crippen LogP contribution in [0, 0.1) is 5.92 Å². The molecule has 2 saturated heterocycles. The molecular weight excluding hydrogens is 826 g/mol. The zero-order chi connectivity index (χ0) is 44.6. The molecule has 62 heavy (non-hydrogen) atoms. The van der Waals surface area contributed by atoms with E-state index in [4.69, 9.17) is 18.9 Å². The third-order valence-electron chi connectivity index (χ3n) is 9.82. The van der Waals surface area contributed by atoms with Crippen molar-refractivity contribution in [2.75, 3.05) is 52.5 Å². The number of halogens is 6. The van der Waals surface area contributed by atoms with Crippen LogP contribution in [0.25, 0.3) is 34.7 Å². The van der Waals surface area contributed by atoms with Gasteiger partial charge in [-0.2, -0.15) is 26.3 Å². The highest BCUT2D eigenvalue weighted by molar-refractivity contribution is 5.88. The van der Waals surface area contributed by atoms with E-state index in [0.717, 1.165) is 56.3 Å². The summed E-state index contributed by atoms with van der Waals surface area (Å²) in [5.74, 6) is -1.69. The molecule has 0 aliphatic carbocycles. The number of carbonyl (C=O) groups is 2. The summed E-state index contributed by atoms with van der Waals surface area (Å²) >= 11 is 0. The van der Waals surface area contributed by atoms with Gasteiger partial charge in [-0.25, -0.2) is 28.9 Å². The summed E-state index contributed by atoms with van der Waals surface area (Å²) in [6, 6.07) is 6.52. The molecule has 334 valence electrons. The van der Waals surface area contributed by atoms with Gasteiger partial charge in [0, 0.05) is 55.0 Å². The first-order valence-electron chi connectivity index (χ1n) is 20.2. The zero-order valence-electron chi connectivity index (χ0n) is 34.7. The molecular formula is C42H48F6N8O6. The second-order valence-corrected chi connectivity index (χ2v) is 15.4. The lowest BCUT2D eigenvalue weighted by Gasteiger charge is -2.19. The normalized spacial score (nSPS) is 16.8. The van der Waals surface area contributed by atoms with Gasteiger partial charge in [0.05, 0.1) is 29.0 Å². The van der Waals surface area contributed by atoms with Crippen molar-refractivity contribution in [2.45, 2.75) is 71.5 Å². The Labute approximate surface area is 354 Å². The molecule has 2 fully saturated rings. The number of esters is 2. The molecule has 14 nitrogen and oxygen atoms in total. The third kappa shape index (κ3) is 12.9. The lowest BCUT2D eigenvalue weighted by Crippen LogP contribution is -2.27. The van der Waals surface area contributed by atoms with E-state index < -0.39 is 41.5 Å². The summed E-state index contributed by atoms with van der Waals surface area (Å²) < 4.78 is 108. The SMILES string of the molecule is CC(C)OC(=O)/C=C(/C1CCN(CCOc2cc(-c3ncn(/C=C/C(=O)OC(C)C)n3)cc(C(F)(F)F)c2)C1)n1cnc(-c2cc(OCCN3CCCC3)cc(C(F)(F)F)c2)n1. The van der Waals surface area contributed by atoms with Crippen LogP contribution in [0.15, 0.2) is 61.2 Å². The number of likely N-dealkylation sites (tertiary alicyclic amines) is 2. The molecule has 4 heterocycles. The van der Waals surface area contributed by atoms with Crippen molar-refractivity contribution in [3.05, 3.63) is 72.3 Å². The van der Waals surface area contributed by atoms with Crippen LogP contribution in [-0.4, -0.2) is 116 Å². The summed E-state index contributed by atoms with van der Waals surface area (Å²) in [7, 11) is 0. The second kappa shape index (κ2) is 20.0. The Hall–Kier alpha value is -5.76. The van der Waals surface area contributed by atoms with Gasteiger partial charge >= 0.3 is 24.3 Å². The first kappa shape index (κ1) is 45.8. The highest BCUT2D eigenvalue weighted by atomic mass is 19.4. The van der Waals surface area contributed by atoms with Crippen molar-refractivity contribution in [3.63, 3.8) is 0 Å². The van der Waals surface area contributed by atoms with Crippen LogP contribution in [0.4, 0.5) is 26.3 Å². The average molecular weight is 875 g/mol. The fourth-order valence-electron chi connectivity index (χ4n) is 6.98. The van der Waals surface area contributed by atoms with Crippen molar-refractivity contribution in [2.24, 2.45) is 5.92 Å². The third-order valence-corrected chi connectivity index (χ3v) is 9.82. The number of hydrogen-bond acceptors (Lipinski definition) is 12. The highest BCUT2D eigenvalue weighted by Gasteiger charge is 2.34. The molecule has 1 unspecified atom stereocenters. The van der Waals surface area contributed by atoms with Crippen LogP contribution in [0.2, 0.25) is 0 Å². The lowest BCUT2D eigenvalue weighted by molar-refractivity contribution is -0.142. The van der Waals surface area contributed by atoms with Crippen molar-refractivity contribution in [1.82, 2.24) is 39.3 Å². The van der Waals surface area contributed by atoms with E-state index in [0.29, 0.717) is 38.3 Å². The lowest BCUT2D eigenvalue weighted by atomic mass is 10.0. The van der Waals surface area contributed by atoms with Crippen LogP contribution >= 0.6 is 0 Å². The average Bonchev–Trinajstić information content (AvgIpc) is 4.04. The summed E-state index contributed by atoms with van der Waals surface area (Å²) in [5, 5.41) is 8.67. The van der Waals surface area contributed by atoms with Crippen LogP contribution in [0.5, 0.6) is 11.5 Å². The Morgan fingerprint density at radius 2 is 1.27 bits per heavy atom. The van der Waals surface area contributed by atoms with Gasteiger partial charge in [0.15, 0.2) is 11.6 Å². The summed E-state index contributed by atoms with van der Waals surface area (Å²) in [6.07, 6.45) is -1.25. The number of nitrogens with zero attached hydrogens (tertiary/aromatic N) is 8. The quantitative estimate of drug-likeness (QED) is 0.0597. The molecule has 2 aliphatic rings. The van der Waals surface area contributed by atoms with Gasteiger partial charge in [0.25, 0.3) is 0 Å².